The maximum atomic E-state index is 12.9. The van der Waals surface area contributed by atoms with Crippen molar-refractivity contribution in [2.45, 2.75) is 26.3 Å². The van der Waals surface area contributed by atoms with Gasteiger partial charge in [0.2, 0.25) is 5.91 Å². The number of carbonyl (C=O) groups excluding carboxylic acids is 2. The summed E-state index contributed by atoms with van der Waals surface area (Å²) in [6.45, 7) is 5.18. The van der Waals surface area contributed by atoms with Crippen LogP contribution in [0.25, 0.3) is 0 Å². The first kappa shape index (κ1) is 18.5. The lowest BCUT2D eigenvalue weighted by Gasteiger charge is -2.36. The maximum Gasteiger partial charge on any atom is 0.254 e. The molecule has 1 unspecified atom stereocenters. The first-order chi connectivity index (χ1) is 12.5. The van der Waals surface area contributed by atoms with Crippen LogP contribution in [0.3, 0.4) is 0 Å². The molecule has 2 aromatic rings. The Morgan fingerprint density at radius 3 is 2.54 bits per heavy atom. The number of rotatable bonds is 4. The van der Waals surface area contributed by atoms with Crippen LogP contribution in [0.2, 0.25) is 5.02 Å². The largest absolute Gasteiger partial charge is 0.334 e. The minimum Gasteiger partial charge on any atom is -0.334 e. The molecule has 1 aliphatic heterocycles. The molecule has 26 heavy (non-hydrogen) atoms. The Morgan fingerprint density at radius 2 is 1.85 bits per heavy atom. The summed E-state index contributed by atoms with van der Waals surface area (Å²) in [7, 11) is 0. The normalized spacial score (nSPS) is 16.1. The van der Waals surface area contributed by atoms with Crippen LogP contribution >= 0.6 is 11.6 Å². The van der Waals surface area contributed by atoms with Crippen LogP contribution in [0.4, 0.5) is 0 Å². The topological polar surface area (TPSA) is 40.6 Å². The van der Waals surface area contributed by atoms with Crippen molar-refractivity contribution in [3.05, 3.63) is 70.2 Å². The molecule has 0 saturated heterocycles. The quantitative estimate of drug-likeness (QED) is 0.817. The highest BCUT2D eigenvalue weighted by atomic mass is 35.5. The minimum absolute atomic E-state index is 0.0174. The summed E-state index contributed by atoms with van der Waals surface area (Å²) < 4.78 is 0. The highest BCUT2D eigenvalue weighted by Gasteiger charge is 2.29. The fraction of sp³-hybridized carbons (Fsp3) is 0.333. The molecule has 0 fully saturated rings. The first-order valence-electron chi connectivity index (χ1n) is 8.93. The molecule has 2 amide bonds. The van der Waals surface area contributed by atoms with E-state index >= 15 is 0 Å². The number of carbonyl (C=O) groups is 2. The molecular formula is C21H23ClN2O2. The SMILES string of the molecule is CCN(CC(=O)N1CCc2ccccc2C1C)C(=O)c1ccc(Cl)cc1. The van der Waals surface area contributed by atoms with Gasteiger partial charge in [0, 0.05) is 23.7 Å². The Hall–Kier alpha value is -2.33. The zero-order valence-electron chi connectivity index (χ0n) is 15.1. The number of benzene rings is 2. The zero-order chi connectivity index (χ0) is 18.7. The number of amides is 2. The third kappa shape index (κ3) is 3.75. The van der Waals surface area contributed by atoms with Crippen molar-refractivity contribution in [2.75, 3.05) is 19.6 Å². The molecule has 0 aliphatic carbocycles. The third-order valence-electron chi connectivity index (χ3n) is 5.00. The highest BCUT2D eigenvalue weighted by Crippen LogP contribution is 2.29. The Bertz CT molecular complexity index is 804. The van der Waals surface area contributed by atoms with E-state index in [4.69, 9.17) is 11.6 Å². The van der Waals surface area contributed by atoms with Gasteiger partial charge in [-0.3, -0.25) is 9.59 Å². The van der Waals surface area contributed by atoms with E-state index in [9.17, 15) is 9.59 Å². The van der Waals surface area contributed by atoms with Crippen molar-refractivity contribution < 1.29 is 9.59 Å². The standard InChI is InChI=1S/C21H23ClN2O2/c1-3-23(21(26)17-8-10-18(22)11-9-17)14-20(25)24-13-12-16-6-4-5-7-19(16)15(24)2/h4-11,15H,3,12-14H2,1-2H3. The monoisotopic (exact) mass is 370 g/mol. The number of hydrogen-bond donors (Lipinski definition) is 0. The first-order valence-corrected chi connectivity index (χ1v) is 9.31. The Kier molecular flexibility index (Phi) is 5.62. The molecule has 0 saturated carbocycles. The van der Waals surface area contributed by atoms with Crippen LogP contribution in [-0.2, 0) is 11.2 Å². The highest BCUT2D eigenvalue weighted by molar-refractivity contribution is 6.30. The predicted octanol–water partition coefficient (Wildman–Crippen LogP) is 3.95. The summed E-state index contributed by atoms with van der Waals surface area (Å²) in [4.78, 5) is 29.0. The Morgan fingerprint density at radius 1 is 1.15 bits per heavy atom. The summed E-state index contributed by atoms with van der Waals surface area (Å²) in [5.74, 6) is -0.168. The molecule has 136 valence electrons. The summed E-state index contributed by atoms with van der Waals surface area (Å²) in [6.07, 6.45) is 0.851. The van der Waals surface area contributed by atoms with E-state index in [1.807, 2.05) is 30.9 Å². The van der Waals surface area contributed by atoms with Crippen molar-refractivity contribution in [2.24, 2.45) is 0 Å². The average molecular weight is 371 g/mol. The smallest absolute Gasteiger partial charge is 0.254 e. The van der Waals surface area contributed by atoms with E-state index in [1.54, 1.807) is 29.2 Å². The van der Waals surface area contributed by atoms with Gasteiger partial charge < -0.3 is 9.80 Å². The summed E-state index contributed by atoms with van der Waals surface area (Å²) in [5.41, 5.74) is 3.04. The van der Waals surface area contributed by atoms with E-state index in [0.29, 0.717) is 23.7 Å². The molecule has 0 N–H and O–H groups in total. The predicted molar refractivity (Wildman–Crippen MR) is 103 cm³/mol. The lowest BCUT2D eigenvalue weighted by Crippen LogP contribution is -2.46. The van der Waals surface area contributed by atoms with E-state index in [0.717, 1.165) is 6.42 Å². The number of halogens is 1. The molecule has 0 bridgehead atoms. The third-order valence-corrected chi connectivity index (χ3v) is 5.25. The molecule has 1 aliphatic rings. The van der Waals surface area contributed by atoms with Gasteiger partial charge in [-0.05, 0) is 55.7 Å². The fourth-order valence-electron chi connectivity index (χ4n) is 3.47. The van der Waals surface area contributed by atoms with Gasteiger partial charge in [0.15, 0.2) is 0 Å². The van der Waals surface area contributed by atoms with Gasteiger partial charge in [-0.15, -0.1) is 0 Å². The minimum atomic E-state index is -0.150. The van der Waals surface area contributed by atoms with E-state index in [2.05, 4.69) is 12.1 Å². The van der Waals surface area contributed by atoms with Crippen molar-refractivity contribution in [3.8, 4) is 0 Å². The maximum absolute atomic E-state index is 12.9. The van der Waals surface area contributed by atoms with Crippen LogP contribution in [0, 0.1) is 0 Å². The summed E-state index contributed by atoms with van der Waals surface area (Å²) >= 11 is 5.89. The molecule has 5 heteroatoms. The second kappa shape index (κ2) is 7.92. The second-order valence-electron chi connectivity index (χ2n) is 6.54. The van der Waals surface area contributed by atoms with Crippen LogP contribution < -0.4 is 0 Å². The lowest BCUT2D eigenvalue weighted by atomic mass is 9.93. The van der Waals surface area contributed by atoms with Gasteiger partial charge in [-0.2, -0.15) is 0 Å². The number of fused-ring (bicyclic) bond motifs is 1. The van der Waals surface area contributed by atoms with Crippen LogP contribution in [0.15, 0.2) is 48.5 Å². The number of likely N-dealkylation sites (N-methyl/N-ethyl adjacent to an activating group) is 1. The molecular weight excluding hydrogens is 348 g/mol. The summed E-state index contributed by atoms with van der Waals surface area (Å²) in [6, 6.07) is 15.0. The van der Waals surface area contributed by atoms with Gasteiger partial charge in [-0.1, -0.05) is 35.9 Å². The van der Waals surface area contributed by atoms with Gasteiger partial charge in [0.1, 0.15) is 6.54 Å². The van der Waals surface area contributed by atoms with E-state index < -0.39 is 0 Å². The van der Waals surface area contributed by atoms with E-state index in [-0.39, 0.29) is 24.4 Å². The average Bonchev–Trinajstić information content (AvgIpc) is 2.66. The molecule has 2 aromatic carbocycles. The molecule has 0 aromatic heterocycles. The molecule has 0 spiro atoms. The molecule has 3 rings (SSSR count). The van der Waals surface area contributed by atoms with Crippen LogP contribution in [0.5, 0.6) is 0 Å². The molecule has 1 heterocycles. The molecule has 1 atom stereocenters. The van der Waals surface area contributed by atoms with Crippen LogP contribution in [0.1, 0.15) is 41.4 Å². The van der Waals surface area contributed by atoms with Crippen LogP contribution in [-0.4, -0.2) is 41.2 Å². The molecule has 4 nitrogen and oxygen atoms in total. The number of nitrogens with zero attached hydrogens (tertiary/aromatic N) is 2. The van der Waals surface area contributed by atoms with Gasteiger partial charge in [0.05, 0.1) is 6.04 Å². The van der Waals surface area contributed by atoms with Crippen molar-refractivity contribution in [3.63, 3.8) is 0 Å². The fourth-order valence-corrected chi connectivity index (χ4v) is 3.59. The second-order valence-corrected chi connectivity index (χ2v) is 6.97. The Balaban J connectivity index is 1.72. The van der Waals surface area contributed by atoms with Gasteiger partial charge >= 0.3 is 0 Å². The van der Waals surface area contributed by atoms with Crippen molar-refractivity contribution in [1.29, 1.82) is 0 Å². The van der Waals surface area contributed by atoms with E-state index in [1.165, 1.54) is 11.1 Å². The van der Waals surface area contributed by atoms with Gasteiger partial charge in [-0.25, -0.2) is 0 Å². The van der Waals surface area contributed by atoms with Gasteiger partial charge in [0.25, 0.3) is 5.91 Å². The number of hydrogen-bond acceptors (Lipinski definition) is 2. The summed E-state index contributed by atoms with van der Waals surface area (Å²) in [5, 5.41) is 0.585. The zero-order valence-corrected chi connectivity index (χ0v) is 15.9. The van der Waals surface area contributed by atoms with Crippen molar-refractivity contribution >= 4 is 23.4 Å². The lowest BCUT2D eigenvalue weighted by molar-refractivity contribution is -0.134. The van der Waals surface area contributed by atoms with Crippen molar-refractivity contribution in [1.82, 2.24) is 9.80 Å². The molecule has 0 radical (unpaired) electrons. The Labute approximate surface area is 159 Å².